The second kappa shape index (κ2) is 4.24. The molecular weight excluding hydrogens is 152 g/mol. The zero-order valence-electron chi connectivity index (χ0n) is 8.54. The van der Waals surface area contributed by atoms with Gasteiger partial charge in [-0.05, 0) is 24.7 Å². The first kappa shape index (κ1) is 10.0. The molecular formula is C10H20O2. The largest absolute Gasteiger partial charge is 0.378 e. The predicted molar refractivity (Wildman–Crippen MR) is 49.2 cm³/mol. The average Bonchev–Trinajstić information content (AvgIpc) is 2.08. The summed E-state index contributed by atoms with van der Waals surface area (Å²) in [6.45, 7) is 4.48. The van der Waals surface area contributed by atoms with Crippen LogP contribution >= 0.6 is 0 Å². The zero-order chi connectivity index (χ0) is 9.14. The fourth-order valence-electron chi connectivity index (χ4n) is 2.23. The summed E-state index contributed by atoms with van der Waals surface area (Å²) < 4.78 is 10.9. The molecule has 4 atom stereocenters. The Hall–Kier alpha value is -0.0800. The van der Waals surface area contributed by atoms with Crippen molar-refractivity contribution in [2.45, 2.75) is 38.9 Å². The minimum absolute atomic E-state index is 0.291. The Bertz CT molecular complexity index is 120. The van der Waals surface area contributed by atoms with Crippen LogP contribution < -0.4 is 0 Å². The smallest absolute Gasteiger partial charge is 0.0860 e. The van der Waals surface area contributed by atoms with E-state index < -0.39 is 0 Å². The molecule has 0 aromatic heterocycles. The molecule has 0 heterocycles. The molecule has 0 aromatic rings. The third-order valence-electron chi connectivity index (χ3n) is 3.07. The number of methoxy groups -OCH3 is 2. The molecule has 72 valence electrons. The molecule has 0 aromatic carbocycles. The summed E-state index contributed by atoms with van der Waals surface area (Å²) >= 11 is 0. The lowest BCUT2D eigenvalue weighted by atomic mass is 9.79. The minimum Gasteiger partial charge on any atom is -0.378 e. The van der Waals surface area contributed by atoms with Crippen LogP contribution in [0.4, 0.5) is 0 Å². The molecule has 0 radical (unpaired) electrons. The van der Waals surface area contributed by atoms with E-state index in [-0.39, 0.29) is 0 Å². The lowest BCUT2D eigenvalue weighted by Gasteiger charge is -2.38. The monoisotopic (exact) mass is 172 g/mol. The molecule has 0 spiro atoms. The second-order valence-electron chi connectivity index (χ2n) is 3.93. The highest BCUT2D eigenvalue weighted by atomic mass is 16.5. The number of rotatable bonds is 2. The highest BCUT2D eigenvalue weighted by Crippen LogP contribution is 2.32. The van der Waals surface area contributed by atoms with Gasteiger partial charge in [0.25, 0.3) is 0 Å². The molecule has 2 heteroatoms. The van der Waals surface area contributed by atoms with Crippen LogP contribution in [0.5, 0.6) is 0 Å². The Morgan fingerprint density at radius 1 is 0.833 bits per heavy atom. The van der Waals surface area contributed by atoms with E-state index in [2.05, 4.69) is 13.8 Å². The van der Waals surface area contributed by atoms with Crippen molar-refractivity contribution >= 4 is 0 Å². The van der Waals surface area contributed by atoms with E-state index in [1.54, 1.807) is 14.2 Å². The van der Waals surface area contributed by atoms with Crippen LogP contribution in [-0.2, 0) is 9.47 Å². The summed E-state index contributed by atoms with van der Waals surface area (Å²) in [5.41, 5.74) is 0. The maximum Gasteiger partial charge on any atom is 0.0860 e. The molecule has 1 saturated carbocycles. The lowest BCUT2D eigenvalue weighted by Crippen LogP contribution is -2.43. The van der Waals surface area contributed by atoms with Crippen molar-refractivity contribution in [2.75, 3.05) is 14.2 Å². The first-order valence-electron chi connectivity index (χ1n) is 4.76. The topological polar surface area (TPSA) is 18.5 Å². The average molecular weight is 172 g/mol. The van der Waals surface area contributed by atoms with Gasteiger partial charge in [0.15, 0.2) is 0 Å². The Kier molecular flexibility index (Phi) is 3.53. The molecule has 1 aliphatic rings. The molecule has 4 unspecified atom stereocenters. The van der Waals surface area contributed by atoms with Crippen LogP contribution in [0.25, 0.3) is 0 Å². The van der Waals surface area contributed by atoms with Crippen molar-refractivity contribution < 1.29 is 9.47 Å². The fraction of sp³-hybridized carbons (Fsp3) is 1.00. The molecule has 1 fully saturated rings. The van der Waals surface area contributed by atoms with Crippen molar-refractivity contribution in [1.82, 2.24) is 0 Å². The van der Waals surface area contributed by atoms with Crippen LogP contribution in [0.15, 0.2) is 0 Å². The molecule has 0 aliphatic heterocycles. The van der Waals surface area contributed by atoms with Crippen molar-refractivity contribution in [2.24, 2.45) is 11.8 Å². The normalized spacial score (nSPS) is 43.0. The van der Waals surface area contributed by atoms with Gasteiger partial charge in [-0.3, -0.25) is 0 Å². The summed E-state index contributed by atoms with van der Waals surface area (Å²) in [6, 6.07) is 0. The van der Waals surface area contributed by atoms with Crippen molar-refractivity contribution in [1.29, 1.82) is 0 Å². The molecule has 1 aliphatic carbocycles. The van der Waals surface area contributed by atoms with Gasteiger partial charge in [-0.1, -0.05) is 13.8 Å². The number of hydrogen-bond acceptors (Lipinski definition) is 2. The SMILES string of the molecule is COC1C(C)CCC(C)C1OC. The van der Waals surface area contributed by atoms with Gasteiger partial charge in [-0.2, -0.15) is 0 Å². The Labute approximate surface area is 75.2 Å². The maximum absolute atomic E-state index is 5.45. The van der Waals surface area contributed by atoms with Crippen LogP contribution in [0.1, 0.15) is 26.7 Å². The number of ether oxygens (including phenoxy) is 2. The van der Waals surface area contributed by atoms with Gasteiger partial charge in [0, 0.05) is 14.2 Å². The second-order valence-corrected chi connectivity index (χ2v) is 3.93. The van der Waals surface area contributed by atoms with Crippen molar-refractivity contribution in [3.63, 3.8) is 0 Å². The molecule has 0 amide bonds. The van der Waals surface area contributed by atoms with Gasteiger partial charge in [0.2, 0.25) is 0 Å². The zero-order valence-corrected chi connectivity index (χ0v) is 8.54. The summed E-state index contributed by atoms with van der Waals surface area (Å²) in [5, 5.41) is 0. The molecule has 0 saturated heterocycles. The molecule has 2 nitrogen and oxygen atoms in total. The van der Waals surface area contributed by atoms with Gasteiger partial charge >= 0.3 is 0 Å². The summed E-state index contributed by atoms with van der Waals surface area (Å²) in [7, 11) is 3.57. The van der Waals surface area contributed by atoms with E-state index in [0.717, 1.165) is 0 Å². The van der Waals surface area contributed by atoms with Crippen LogP contribution in [0.3, 0.4) is 0 Å². The molecule has 12 heavy (non-hydrogen) atoms. The van der Waals surface area contributed by atoms with Crippen molar-refractivity contribution in [3.05, 3.63) is 0 Å². The van der Waals surface area contributed by atoms with Gasteiger partial charge in [-0.15, -0.1) is 0 Å². The molecule has 0 N–H and O–H groups in total. The quantitative estimate of drug-likeness (QED) is 0.635. The summed E-state index contributed by atoms with van der Waals surface area (Å²) in [6.07, 6.45) is 3.11. The predicted octanol–water partition coefficient (Wildman–Crippen LogP) is 2.08. The Balaban J connectivity index is 2.61. The Morgan fingerprint density at radius 3 is 1.42 bits per heavy atom. The summed E-state index contributed by atoms with van der Waals surface area (Å²) in [4.78, 5) is 0. The number of hydrogen-bond donors (Lipinski definition) is 0. The maximum atomic E-state index is 5.45. The molecule has 0 bridgehead atoms. The first-order chi connectivity index (χ1) is 5.70. The van der Waals surface area contributed by atoms with E-state index in [4.69, 9.17) is 9.47 Å². The van der Waals surface area contributed by atoms with Gasteiger partial charge < -0.3 is 9.47 Å². The Morgan fingerprint density at radius 2 is 1.17 bits per heavy atom. The lowest BCUT2D eigenvalue weighted by molar-refractivity contribution is -0.106. The highest BCUT2D eigenvalue weighted by molar-refractivity contribution is 4.85. The minimum atomic E-state index is 0.291. The van der Waals surface area contributed by atoms with Gasteiger partial charge in [0.05, 0.1) is 12.2 Å². The van der Waals surface area contributed by atoms with Crippen molar-refractivity contribution in [3.8, 4) is 0 Å². The van der Waals surface area contributed by atoms with Crippen LogP contribution in [0, 0.1) is 11.8 Å². The summed E-state index contributed by atoms with van der Waals surface area (Å²) in [5.74, 6) is 1.27. The molecule has 1 rings (SSSR count). The third kappa shape index (κ3) is 1.80. The fourth-order valence-corrected chi connectivity index (χ4v) is 2.23. The highest BCUT2D eigenvalue weighted by Gasteiger charge is 2.35. The van der Waals surface area contributed by atoms with Crippen LogP contribution in [0.2, 0.25) is 0 Å². The standard InChI is InChI=1S/C10H20O2/c1-7-5-6-8(2)10(12-4)9(7)11-3/h7-10H,5-6H2,1-4H3. The van der Waals surface area contributed by atoms with E-state index in [0.29, 0.717) is 24.0 Å². The van der Waals surface area contributed by atoms with Gasteiger partial charge in [0.1, 0.15) is 0 Å². The van der Waals surface area contributed by atoms with E-state index >= 15 is 0 Å². The van der Waals surface area contributed by atoms with E-state index in [1.165, 1.54) is 12.8 Å². The van der Waals surface area contributed by atoms with Gasteiger partial charge in [-0.25, -0.2) is 0 Å². The van der Waals surface area contributed by atoms with Crippen LogP contribution in [-0.4, -0.2) is 26.4 Å². The third-order valence-corrected chi connectivity index (χ3v) is 3.07. The van der Waals surface area contributed by atoms with E-state index in [1.807, 2.05) is 0 Å². The first-order valence-corrected chi connectivity index (χ1v) is 4.76. The van der Waals surface area contributed by atoms with E-state index in [9.17, 15) is 0 Å².